The lowest BCUT2D eigenvalue weighted by molar-refractivity contribution is -0.139. The highest BCUT2D eigenvalue weighted by Crippen LogP contribution is 2.15. The lowest BCUT2D eigenvalue weighted by Crippen LogP contribution is -2.47. The number of nitrogens with one attached hydrogen (secondary N) is 1. The minimum Gasteiger partial charge on any atom is -0.347 e. The van der Waals surface area contributed by atoms with E-state index in [0.717, 1.165) is 13.0 Å². The molecule has 1 fully saturated rings. The van der Waals surface area contributed by atoms with Crippen molar-refractivity contribution in [1.29, 1.82) is 0 Å². The number of rotatable bonds is 3. The van der Waals surface area contributed by atoms with Gasteiger partial charge in [0.15, 0.2) is 0 Å². The van der Waals surface area contributed by atoms with Crippen molar-refractivity contribution < 1.29 is 9.59 Å². The number of nitrogens with zero attached hydrogens (tertiary/aromatic N) is 2. The molecule has 1 heterocycles. The van der Waals surface area contributed by atoms with Crippen LogP contribution < -0.4 is 5.32 Å². The van der Waals surface area contributed by atoms with Gasteiger partial charge in [0.05, 0.1) is 12.6 Å². The topological polar surface area (TPSA) is 52.7 Å². The molecule has 0 aromatic rings. The fraction of sp³-hybridized carbons (Fsp3) is 0.818. The number of carbonyl (C=O) groups excluding carboxylic acids is 2. The molecule has 2 atom stereocenters. The zero-order chi connectivity index (χ0) is 12.3. The third kappa shape index (κ3) is 2.95. The first-order chi connectivity index (χ1) is 7.43. The molecule has 1 N–H and O–H groups in total. The summed E-state index contributed by atoms with van der Waals surface area (Å²) in [5.74, 6) is 0.311. The molecule has 5 heteroatoms. The number of likely N-dealkylation sites (N-methyl/N-ethyl adjacent to an activating group) is 2. The quantitative estimate of drug-likeness (QED) is 0.709. The largest absolute Gasteiger partial charge is 0.347 e. The predicted octanol–water partition coefficient (Wildman–Crippen LogP) is -0.469. The molecule has 1 saturated heterocycles. The fourth-order valence-corrected chi connectivity index (χ4v) is 1.82. The van der Waals surface area contributed by atoms with Gasteiger partial charge in [0.25, 0.3) is 0 Å². The van der Waals surface area contributed by atoms with Crippen molar-refractivity contribution in [2.45, 2.75) is 19.4 Å². The minimum absolute atomic E-state index is 0.0141. The van der Waals surface area contributed by atoms with Crippen LogP contribution in [0.3, 0.4) is 0 Å². The molecular weight excluding hydrogens is 206 g/mol. The summed E-state index contributed by atoms with van der Waals surface area (Å²) < 4.78 is 0. The van der Waals surface area contributed by atoms with Crippen LogP contribution in [0.25, 0.3) is 0 Å². The van der Waals surface area contributed by atoms with E-state index in [0.29, 0.717) is 5.92 Å². The molecule has 2 unspecified atom stereocenters. The van der Waals surface area contributed by atoms with Gasteiger partial charge >= 0.3 is 0 Å². The van der Waals surface area contributed by atoms with E-state index in [2.05, 4.69) is 12.2 Å². The maximum Gasteiger partial charge on any atom is 0.241 e. The zero-order valence-electron chi connectivity index (χ0n) is 10.5. The summed E-state index contributed by atoms with van der Waals surface area (Å²) >= 11 is 0. The molecule has 0 aliphatic carbocycles. The molecule has 0 spiro atoms. The molecule has 1 rings (SSSR count). The maximum atomic E-state index is 12.0. The molecular formula is C11H21N3O2. The Kier molecular flexibility index (Phi) is 4.29. The van der Waals surface area contributed by atoms with Crippen LogP contribution in [0.4, 0.5) is 0 Å². The smallest absolute Gasteiger partial charge is 0.241 e. The normalized spacial score (nSPS) is 24.2. The van der Waals surface area contributed by atoms with Crippen molar-refractivity contribution in [3.05, 3.63) is 0 Å². The van der Waals surface area contributed by atoms with Crippen LogP contribution in [0.5, 0.6) is 0 Å². The summed E-state index contributed by atoms with van der Waals surface area (Å²) in [6, 6.07) is -0.125. The molecule has 1 aliphatic heterocycles. The Labute approximate surface area is 96.8 Å². The molecule has 0 aromatic carbocycles. The van der Waals surface area contributed by atoms with E-state index in [1.807, 2.05) is 0 Å². The number of carbonyl (C=O) groups is 2. The maximum absolute atomic E-state index is 12.0. The molecule has 0 saturated carbocycles. The minimum atomic E-state index is -0.125. The van der Waals surface area contributed by atoms with Crippen LogP contribution in [0, 0.1) is 5.92 Å². The van der Waals surface area contributed by atoms with Gasteiger partial charge in [-0.25, -0.2) is 0 Å². The van der Waals surface area contributed by atoms with Gasteiger partial charge in [0.2, 0.25) is 11.8 Å². The number of hydrogen-bond acceptors (Lipinski definition) is 3. The molecule has 92 valence electrons. The molecule has 0 aromatic heterocycles. The highest BCUT2D eigenvalue weighted by atomic mass is 16.2. The van der Waals surface area contributed by atoms with Crippen LogP contribution in [0.15, 0.2) is 0 Å². The van der Waals surface area contributed by atoms with Crippen molar-refractivity contribution in [1.82, 2.24) is 15.1 Å². The summed E-state index contributed by atoms with van der Waals surface area (Å²) in [6.45, 7) is 3.09. The predicted molar refractivity (Wildman–Crippen MR) is 61.9 cm³/mol. The van der Waals surface area contributed by atoms with Crippen LogP contribution in [-0.4, -0.2) is 61.9 Å². The SMILES string of the molecule is CC1CCNC1C(=O)N(C)CC(=O)N(C)C. The Bertz CT molecular complexity index is 278. The van der Waals surface area contributed by atoms with Crippen molar-refractivity contribution in [3.63, 3.8) is 0 Å². The summed E-state index contributed by atoms with van der Waals surface area (Å²) in [4.78, 5) is 26.5. The highest BCUT2D eigenvalue weighted by molar-refractivity contribution is 5.87. The zero-order valence-corrected chi connectivity index (χ0v) is 10.5. The average molecular weight is 227 g/mol. The van der Waals surface area contributed by atoms with Gasteiger partial charge in [-0.3, -0.25) is 9.59 Å². The molecule has 2 amide bonds. The first kappa shape index (κ1) is 13.0. The Hall–Kier alpha value is -1.10. The Morgan fingerprint density at radius 1 is 1.31 bits per heavy atom. The third-order valence-corrected chi connectivity index (χ3v) is 3.05. The van der Waals surface area contributed by atoms with Gasteiger partial charge in [-0.05, 0) is 18.9 Å². The lowest BCUT2D eigenvalue weighted by Gasteiger charge is -2.24. The first-order valence-corrected chi connectivity index (χ1v) is 5.62. The monoisotopic (exact) mass is 227 g/mol. The summed E-state index contributed by atoms with van der Waals surface area (Å²) in [6.07, 6.45) is 1.02. The molecule has 5 nitrogen and oxygen atoms in total. The van der Waals surface area contributed by atoms with Gasteiger partial charge in [-0.1, -0.05) is 6.92 Å². The summed E-state index contributed by atoms with van der Waals surface area (Å²) in [7, 11) is 5.06. The van der Waals surface area contributed by atoms with Gasteiger partial charge in [0.1, 0.15) is 0 Å². The Balaban J connectivity index is 2.50. The molecule has 0 radical (unpaired) electrons. The van der Waals surface area contributed by atoms with Crippen molar-refractivity contribution in [2.75, 3.05) is 34.2 Å². The molecule has 1 aliphatic rings. The van der Waals surface area contributed by atoms with E-state index in [1.54, 1.807) is 21.1 Å². The average Bonchev–Trinajstić information content (AvgIpc) is 2.62. The lowest BCUT2D eigenvalue weighted by atomic mass is 10.0. The van der Waals surface area contributed by atoms with E-state index in [-0.39, 0.29) is 24.4 Å². The van der Waals surface area contributed by atoms with E-state index in [1.165, 1.54) is 9.80 Å². The van der Waals surface area contributed by atoms with Crippen molar-refractivity contribution in [3.8, 4) is 0 Å². The number of amides is 2. The third-order valence-electron chi connectivity index (χ3n) is 3.05. The standard InChI is InChI=1S/C11H21N3O2/c1-8-5-6-12-10(8)11(16)14(4)7-9(15)13(2)3/h8,10,12H,5-7H2,1-4H3. The van der Waals surface area contributed by atoms with Crippen LogP contribution in [0.1, 0.15) is 13.3 Å². The van der Waals surface area contributed by atoms with Gasteiger partial charge in [-0.2, -0.15) is 0 Å². The van der Waals surface area contributed by atoms with Crippen molar-refractivity contribution in [2.24, 2.45) is 5.92 Å². The van der Waals surface area contributed by atoms with Gasteiger partial charge < -0.3 is 15.1 Å². The fourth-order valence-electron chi connectivity index (χ4n) is 1.82. The van der Waals surface area contributed by atoms with Crippen molar-refractivity contribution >= 4 is 11.8 Å². The van der Waals surface area contributed by atoms with Crippen LogP contribution in [0.2, 0.25) is 0 Å². The van der Waals surface area contributed by atoms with E-state index < -0.39 is 0 Å². The van der Waals surface area contributed by atoms with Gasteiger partial charge in [-0.15, -0.1) is 0 Å². The second-order valence-electron chi connectivity index (χ2n) is 4.68. The highest BCUT2D eigenvalue weighted by Gasteiger charge is 2.31. The first-order valence-electron chi connectivity index (χ1n) is 5.62. The number of hydrogen-bond donors (Lipinski definition) is 1. The second-order valence-corrected chi connectivity index (χ2v) is 4.68. The summed E-state index contributed by atoms with van der Waals surface area (Å²) in [5.41, 5.74) is 0. The van der Waals surface area contributed by atoms with Gasteiger partial charge in [0, 0.05) is 21.1 Å². The molecule has 16 heavy (non-hydrogen) atoms. The summed E-state index contributed by atoms with van der Waals surface area (Å²) in [5, 5.41) is 3.17. The van der Waals surface area contributed by atoms with E-state index >= 15 is 0 Å². The van der Waals surface area contributed by atoms with Crippen LogP contribution >= 0.6 is 0 Å². The van der Waals surface area contributed by atoms with E-state index in [9.17, 15) is 9.59 Å². The second kappa shape index (κ2) is 5.30. The Morgan fingerprint density at radius 3 is 2.38 bits per heavy atom. The Morgan fingerprint density at radius 2 is 1.94 bits per heavy atom. The van der Waals surface area contributed by atoms with Crippen LogP contribution in [-0.2, 0) is 9.59 Å². The van der Waals surface area contributed by atoms with E-state index in [4.69, 9.17) is 0 Å². The molecule has 0 bridgehead atoms.